The molecule has 0 saturated carbocycles. The maximum absolute atomic E-state index is 12.3. The highest BCUT2D eigenvalue weighted by molar-refractivity contribution is 6.34. The van der Waals surface area contributed by atoms with Gasteiger partial charge in [0.05, 0.1) is 22.7 Å². The molecule has 0 atom stereocenters. The molecule has 1 aliphatic heterocycles. The maximum Gasteiger partial charge on any atom is 0.291 e. The van der Waals surface area contributed by atoms with Crippen molar-refractivity contribution in [3.8, 4) is 0 Å². The van der Waals surface area contributed by atoms with Gasteiger partial charge in [-0.15, -0.1) is 0 Å². The first-order valence-electron chi connectivity index (χ1n) is 8.26. The Morgan fingerprint density at radius 3 is 2.56 bits per heavy atom. The molecule has 2 aromatic rings. The number of amides is 2. The summed E-state index contributed by atoms with van der Waals surface area (Å²) in [4.78, 5) is 28.1. The van der Waals surface area contributed by atoms with E-state index in [-0.39, 0.29) is 17.6 Å². The van der Waals surface area contributed by atoms with Gasteiger partial charge in [0, 0.05) is 32.6 Å². The molecule has 1 N–H and O–H groups in total. The van der Waals surface area contributed by atoms with Crippen molar-refractivity contribution in [1.82, 2.24) is 4.90 Å². The summed E-state index contributed by atoms with van der Waals surface area (Å²) in [5.41, 5.74) is 1.40. The number of hydrogen-bond acceptors (Lipinski definition) is 4. The molecular formula is C18H20ClN3O3. The van der Waals surface area contributed by atoms with Crippen LogP contribution in [0.25, 0.3) is 0 Å². The van der Waals surface area contributed by atoms with E-state index in [4.69, 9.17) is 16.0 Å². The fourth-order valence-electron chi connectivity index (χ4n) is 2.93. The van der Waals surface area contributed by atoms with Crippen molar-refractivity contribution in [1.29, 1.82) is 0 Å². The third-order valence-corrected chi connectivity index (χ3v) is 4.54. The molecule has 3 rings (SSSR count). The molecule has 25 heavy (non-hydrogen) atoms. The zero-order valence-electron chi connectivity index (χ0n) is 14.0. The number of para-hydroxylation sites is 1. The van der Waals surface area contributed by atoms with Crippen molar-refractivity contribution >= 4 is 34.8 Å². The van der Waals surface area contributed by atoms with Gasteiger partial charge in [0.2, 0.25) is 5.91 Å². The number of piperazine rings is 1. The molecule has 0 radical (unpaired) electrons. The van der Waals surface area contributed by atoms with E-state index in [9.17, 15) is 9.59 Å². The average Bonchev–Trinajstić information content (AvgIpc) is 3.16. The lowest BCUT2D eigenvalue weighted by Gasteiger charge is -2.37. The molecule has 7 heteroatoms. The second kappa shape index (κ2) is 7.61. The number of carbonyl (C=O) groups is 2. The normalized spacial score (nSPS) is 14.5. The lowest BCUT2D eigenvalue weighted by molar-refractivity contribution is -0.131. The van der Waals surface area contributed by atoms with E-state index in [0.29, 0.717) is 43.3 Å². The summed E-state index contributed by atoms with van der Waals surface area (Å²) in [6, 6.07) is 8.67. The topological polar surface area (TPSA) is 65.8 Å². The van der Waals surface area contributed by atoms with Crippen LogP contribution >= 0.6 is 11.6 Å². The van der Waals surface area contributed by atoms with Crippen LogP contribution in [0.5, 0.6) is 0 Å². The van der Waals surface area contributed by atoms with E-state index < -0.39 is 0 Å². The lowest BCUT2D eigenvalue weighted by atomic mass is 10.2. The summed E-state index contributed by atoms with van der Waals surface area (Å²) in [6.45, 7) is 4.48. The van der Waals surface area contributed by atoms with Crippen molar-refractivity contribution in [2.24, 2.45) is 0 Å². The quantitative estimate of drug-likeness (QED) is 0.907. The summed E-state index contributed by atoms with van der Waals surface area (Å²) in [5.74, 6) is 0.0720. The zero-order chi connectivity index (χ0) is 17.8. The highest BCUT2D eigenvalue weighted by atomic mass is 35.5. The van der Waals surface area contributed by atoms with E-state index in [1.54, 1.807) is 24.3 Å². The maximum atomic E-state index is 12.3. The largest absolute Gasteiger partial charge is 0.459 e. The Bertz CT molecular complexity index is 753. The Morgan fingerprint density at radius 2 is 1.92 bits per heavy atom. The Morgan fingerprint density at radius 1 is 1.16 bits per heavy atom. The van der Waals surface area contributed by atoms with Crippen LogP contribution in [0, 0.1) is 0 Å². The number of anilines is 2. The van der Waals surface area contributed by atoms with Crippen LogP contribution in [0.3, 0.4) is 0 Å². The van der Waals surface area contributed by atoms with Gasteiger partial charge in [-0.05, 0) is 24.3 Å². The molecule has 0 spiro atoms. The number of benzene rings is 1. The summed E-state index contributed by atoms with van der Waals surface area (Å²) >= 11 is 6.40. The molecule has 2 heterocycles. The average molecular weight is 362 g/mol. The molecule has 1 saturated heterocycles. The number of hydrogen-bond donors (Lipinski definition) is 1. The molecule has 0 bridgehead atoms. The monoisotopic (exact) mass is 361 g/mol. The van der Waals surface area contributed by atoms with Gasteiger partial charge in [-0.1, -0.05) is 24.6 Å². The molecule has 132 valence electrons. The number of nitrogens with one attached hydrogen (secondary N) is 1. The van der Waals surface area contributed by atoms with E-state index in [2.05, 4.69) is 10.2 Å². The van der Waals surface area contributed by atoms with Gasteiger partial charge >= 0.3 is 0 Å². The van der Waals surface area contributed by atoms with Crippen LogP contribution in [-0.2, 0) is 4.79 Å². The number of carbonyl (C=O) groups excluding carboxylic acids is 2. The minimum absolute atomic E-state index is 0.158. The van der Waals surface area contributed by atoms with Gasteiger partial charge in [0.25, 0.3) is 5.91 Å². The van der Waals surface area contributed by atoms with Crippen LogP contribution in [0.4, 0.5) is 11.4 Å². The number of halogens is 1. The number of rotatable bonds is 4. The molecule has 1 aromatic heterocycles. The first kappa shape index (κ1) is 17.4. The Kier molecular flexibility index (Phi) is 5.28. The van der Waals surface area contributed by atoms with Crippen molar-refractivity contribution in [2.75, 3.05) is 36.4 Å². The molecule has 2 amide bonds. The van der Waals surface area contributed by atoms with Gasteiger partial charge in [-0.25, -0.2) is 0 Å². The second-order valence-corrected chi connectivity index (χ2v) is 6.20. The summed E-state index contributed by atoms with van der Waals surface area (Å²) < 4.78 is 5.13. The first-order valence-corrected chi connectivity index (χ1v) is 8.64. The molecule has 1 aliphatic rings. The molecule has 1 aromatic carbocycles. The van der Waals surface area contributed by atoms with Gasteiger partial charge in [-0.2, -0.15) is 0 Å². The van der Waals surface area contributed by atoms with Crippen LogP contribution in [0.15, 0.2) is 41.0 Å². The van der Waals surface area contributed by atoms with Crippen LogP contribution in [0.1, 0.15) is 23.9 Å². The molecule has 6 nitrogen and oxygen atoms in total. The first-order chi connectivity index (χ1) is 12.1. The SMILES string of the molecule is CCC(=O)N1CCN(c2c(Cl)cccc2NC(=O)c2ccco2)CC1. The fraction of sp³-hybridized carbons (Fsp3) is 0.333. The minimum Gasteiger partial charge on any atom is -0.459 e. The Hall–Kier alpha value is -2.47. The van der Waals surface area contributed by atoms with Crippen molar-refractivity contribution in [2.45, 2.75) is 13.3 Å². The van der Waals surface area contributed by atoms with Gasteiger partial charge in [-0.3, -0.25) is 9.59 Å². The zero-order valence-corrected chi connectivity index (χ0v) is 14.8. The highest BCUT2D eigenvalue weighted by Gasteiger charge is 2.24. The van der Waals surface area contributed by atoms with Gasteiger partial charge < -0.3 is 19.5 Å². The smallest absolute Gasteiger partial charge is 0.291 e. The number of nitrogens with zero attached hydrogens (tertiary/aromatic N) is 2. The summed E-state index contributed by atoms with van der Waals surface area (Å²) in [6.07, 6.45) is 1.97. The van der Waals surface area contributed by atoms with Gasteiger partial charge in [0.1, 0.15) is 0 Å². The highest BCUT2D eigenvalue weighted by Crippen LogP contribution is 2.35. The van der Waals surface area contributed by atoms with E-state index in [1.807, 2.05) is 17.9 Å². The van der Waals surface area contributed by atoms with Gasteiger partial charge in [0.15, 0.2) is 5.76 Å². The Balaban J connectivity index is 1.78. The molecule has 0 aliphatic carbocycles. The van der Waals surface area contributed by atoms with Crippen LogP contribution in [-0.4, -0.2) is 42.9 Å². The fourth-order valence-corrected chi connectivity index (χ4v) is 3.23. The second-order valence-electron chi connectivity index (χ2n) is 5.79. The van der Waals surface area contributed by atoms with E-state index >= 15 is 0 Å². The molecule has 0 unspecified atom stereocenters. The van der Waals surface area contributed by atoms with Crippen molar-refractivity contribution < 1.29 is 14.0 Å². The predicted molar refractivity (Wildman–Crippen MR) is 97.2 cm³/mol. The lowest BCUT2D eigenvalue weighted by Crippen LogP contribution is -2.48. The molecule has 1 fully saturated rings. The Labute approximate surface area is 151 Å². The summed E-state index contributed by atoms with van der Waals surface area (Å²) in [7, 11) is 0. The molecular weight excluding hydrogens is 342 g/mol. The predicted octanol–water partition coefficient (Wildman–Crippen LogP) is 3.24. The van der Waals surface area contributed by atoms with Crippen LogP contribution in [0.2, 0.25) is 5.02 Å². The third kappa shape index (κ3) is 3.79. The standard InChI is InChI=1S/C18H20ClN3O3/c1-2-16(23)21-8-10-22(11-9-21)17-13(19)5-3-6-14(17)20-18(24)15-7-4-12-25-15/h3-7,12H,2,8-11H2,1H3,(H,20,24). The number of furan rings is 1. The minimum atomic E-state index is -0.326. The third-order valence-electron chi connectivity index (χ3n) is 4.23. The van der Waals surface area contributed by atoms with E-state index in [0.717, 1.165) is 5.69 Å². The van der Waals surface area contributed by atoms with Crippen molar-refractivity contribution in [3.05, 3.63) is 47.4 Å². The summed E-state index contributed by atoms with van der Waals surface area (Å²) in [5, 5.41) is 3.42. The van der Waals surface area contributed by atoms with E-state index in [1.165, 1.54) is 6.26 Å². The van der Waals surface area contributed by atoms with Crippen molar-refractivity contribution in [3.63, 3.8) is 0 Å². The van der Waals surface area contributed by atoms with Crippen LogP contribution < -0.4 is 10.2 Å².